The number of rotatable bonds is 5. The second-order valence-electron chi connectivity index (χ2n) is 9.46. The topological polar surface area (TPSA) is 108 Å². The van der Waals surface area contributed by atoms with Crippen molar-refractivity contribution in [3.8, 4) is 11.4 Å². The van der Waals surface area contributed by atoms with Gasteiger partial charge in [0.15, 0.2) is 11.6 Å². The number of nitrogens with zero attached hydrogens (tertiary/aromatic N) is 6. The fourth-order valence-electron chi connectivity index (χ4n) is 5.04. The summed E-state index contributed by atoms with van der Waals surface area (Å²) in [5.74, 6) is 1.63. The molecule has 2 aliphatic heterocycles. The first-order valence-electron chi connectivity index (χ1n) is 12.1. The Labute approximate surface area is 214 Å². The van der Waals surface area contributed by atoms with E-state index in [0.29, 0.717) is 45.2 Å². The molecule has 0 radical (unpaired) electrons. The molecule has 4 aromatic heterocycles. The molecule has 1 N–H and O–H groups in total. The predicted octanol–water partition coefficient (Wildman–Crippen LogP) is 2.54. The Bertz CT molecular complexity index is 1510. The highest BCUT2D eigenvalue weighted by molar-refractivity contribution is 7.88. The SMILES string of the molecule is C[C@@H]1COCCN1c1nc(-c2ccnc3[nH]ccc23)nc2c(CN3CCN(S(C)(=O)=O)CC3)csc12. The minimum atomic E-state index is -3.15. The van der Waals surface area contributed by atoms with Crippen LogP contribution in [0.2, 0.25) is 0 Å². The van der Waals surface area contributed by atoms with Gasteiger partial charge in [0.1, 0.15) is 5.65 Å². The van der Waals surface area contributed by atoms with E-state index >= 15 is 0 Å². The first-order chi connectivity index (χ1) is 17.4. The van der Waals surface area contributed by atoms with Crippen LogP contribution in [0.25, 0.3) is 32.6 Å². The first kappa shape index (κ1) is 23.7. The number of thiophene rings is 1. The average Bonchev–Trinajstić information content (AvgIpc) is 3.51. The number of pyridine rings is 1. The van der Waals surface area contributed by atoms with Gasteiger partial charge in [0.05, 0.1) is 35.7 Å². The largest absolute Gasteiger partial charge is 0.377 e. The summed E-state index contributed by atoms with van der Waals surface area (Å²) < 4.78 is 32.2. The van der Waals surface area contributed by atoms with Crippen molar-refractivity contribution in [3.63, 3.8) is 0 Å². The number of piperazine rings is 1. The molecule has 6 heterocycles. The molecule has 0 spiro atoms. The van der Waals surface area contributed by atoms with E-state index in [2.05, 4.69) is 32.1 Å². The van der Waals surface area contributed by atoms with Gasteiger partial charge in [0.25, 0.3) is 0 Å². The van der Waals surface area contributed by atoms with E-state index in [9.17, 15) is 8.42 Å². The molecule has 36 heavy (non-hydrogen) atoms. The van der Waals surface area contributed by atoms with Crippen LogP contribution in [0.4, 0.5) is 5.82 Å². The number of H-pyrrole nitrogens is 1. The molecule has 2 fully saturated rings. The maximum atomic E-state index is 11.9. The quantitative estimate of drug-likeness (QED) is 0.422. The third-order valence-corrected chi connectivity index (χ3v) is 9.32. The maximum absolute atomic E-state index is 11.9. The number of hydrogen-bond acceptors (Lipinski definition) is 9. The van der Waals surface area contributed by atoms with Crippen LogP contribution in [0.1, 0.15) is 12.5 Å². The Kier molecular flexibility index (Phi) is 6.16. The van der Waals surface area contributed by atoms with E-state index in [1.165, 1.54) is 6.26 Å². The lowest BCUT2D eigenvalue weighted by Gasteiger charge is -2.34. The molecule has 2 saturated heterocycles. The van der Waals surface area contributed by atoms with Crippen molar-refractivity contribution in [1.82, 2.24) is 29.1 Å². The molecule has 0 bridgehead atoms. The highest BCUT2D eigenvalue weighted by atomic mass is 32.2. The second-order valence-corrected chi connectivity index (χ2v) is 12.3. The predicted molar refractivity (Wildman–Crippen MR) is 142 cm³/mol. The van der Waals surface area contributed by atoms with E-state index in [1.54, 1.807) is 21.8 Å². The standard InChI is InChI=1S/C24H29N7O3S2/c1-16-14-34-12-11-31(16)24-21-20(27-23(28-24)19-4-6-26-22-18(19)3-5-25-22)17(15-35-21)13-29-7-9-30(10-8-29)36(2,32)33/h3-6,15-16H,7-14H2,1-2H3,(H,25,26)/t16-/m1/s1. The summed E-state index contributed by atoms with van der Waals surface area (Å²) in [5.41, 5.74) is 3.87. The van der Waals surface area contributed by atoms with Crippen LogP contribution < -0.4 is 4.90 Å². The van der Waals surface area contributed by atoms with Crippen LogP contribution in [0.15, 0.2) is 29.9 Å². The molecule has 1 atom stereocenters. The van der Waals surface area contributed by atoms with Crippen molar-refractivity contribution < 1.29 is 13.2 Å². The van der Waals surface area contributed by atoms with Gasteiger partial charge in [-0.3, -0.25) is 4.90 Å². The summed E-state index contributed by atoms with van der Waals surface area (Å²) in [4.78, 5) is 22.5. The zero-order chi connectivity index (χ0) is 24.9. The normalized spacial score (nSPS) is 20.5. The van der Waals surface area contributed by atoms with E-state index in [4.69, 9.17) is 14.7 Å². The van der Waals surface area contributed by atoms with Gasteiger partial charge >= 0.3 is 0 Å². The van der Waals surface area contributed by atoms with Crippen LogP contribution in [0.3, 0.4) is 0 Å². The molecule has 0 aromatic carbocycles. The summed E-state index contributed by atoms with van der Waals surface area (Å²) in [5, 5.41) is 3.17. The third kappa shape index (κ3) is 4.37. The number of fused-ring (bicyclic) bond motifs is 2. The number of anilines is 1. The second kappa shape index (κ2) is 9.34. The van der Waals surface area contributed by atoms with E-state index in [1.807, 2.05) is 18.3 Å². The highest BCUT2D eigenvalue weighted by Crippen LogP contribution is 2.37. The van der Waals surface area contributed by atoms with Crippen molar-refractivity contribution in [2.45, 2.75) is 19.5 Å². The number of ether oxygens (including phenoxy) is 1. The van der Waals surface area contributed by atoms with Crippen molar-refractivity contribution in [1.29, 1.82) is 0 Å². The lowest BCUT2D eigenvalue weighted by atomic mass is 10.1. The number of morpholine rings is 1. The molecular weight excluding hydrogens is 498 g/mol. The molecule has 0 saturated carbocycles. The molecule has 0 amide bonds. The van der Waals surface area contributed by atoms with E-state index in [0.717, 1.165) is 51.3 Å². The number of hydrogen-bond donors (Lipinski definition) is 1. The average molecular weight is 528 g/mol. The third-order valence-electron chi connectivity index (χ3n) is 7.01. The van der Waals surface area contributed by atoms with Crippen LogP contribution >= 0.6 is 11.3 Å². The summed E-state index contributed by atoms with van der Waals surface area (Å²) in [6.45, 7) is 7.44. The van der Waals surface area contributed by atoms with Gasteiger partial charge in [-0.15, -0.1) is 11.3 Å². The molecule has 10 nitrogen and oxygen atoms in total. The number of nitrogens with one attached hydrogen (secondary N) is 1. The van der Waals surface area contributed by atoms with Gasteiger partial charge < -0.3 is 14.6 Å². The molecule has 4 aromatic rings. The van der Waals surface area contributed by atoms with Gasteiger partial charge in [0.2, 0.25) is 10.0 Å². The molecule has 6 rings (SSSR count). The molecule has 0 aliphatic carbocycles. The zero-order valence-electron chi connectivity index (χ0n) is 20.3. The molecular formula is C24H29N7O3S2. The smallest absolute Gasteiger partial charge is 0.211 e. The van der Waals surface area contributed by atoms with Crippen molar-refractivity contribution in [3.05, 3.63) is 35.5 Å². The van der Waals surface area contributed by atoms with Gasteiger partial charge in [0, 0.05) is 68.2 Å². The summed E-state index contributed by atoms with van der Waals surface area (Å²) in [6, 6.07) is 4.20. The summed E-state index contributed by atoms with van der Waals surface area (Å²) in [6.07, 6.45) is 4.95. The summed E-state index contributed by atoms with van der Waals surface area (Å²) in [7, 11) is -3.15. The maximum Gasteiger partial charge on any atom is 0.211 e. The lowest BCUT2D eigenvalue weighted by Crippen LogP contribution is -2.47. The molecule has 12 heteroatoms. The van der Waals surface area contributed by atoms with Gasteiger partial charge in [-0.1, -0.05) is 0 Å². The fourth-order valence-corrected chi connectivity index (χ4v) is 6.87. The van der Waals surface area contributed by atoms with Gasteiger partial charge in [-0.2, -0.15) is 4.31 Å². The fraction of sp³-hybridized carbons (Fsp3) is 0.458. The van der Waals surface area contributed by atoms with Crippen LogP contribution in [-0.4, -0.2) is 95.8 Å². The van der Waals surface area contributed by atoms with Gasteiger partial charge in [-0.25, -0.2) is 23.4 Å². The molecule has 0 unspecified atom stereocenters. The minimum absolute atomic E-state index is 0.212. The number of aromatic amines is 1. The number of sulfonamides is 1. The van der Waals surface area contributed by atoms with Crippen molar-refractivity contribution in [2.75, 3.05) is 57.1 Å². The minimum Gasteiger partial charge on any atom is -0.377 e. The monoisotopic (exact) mass is 527 g/mol. The van der Waals surface area contributed by atoms with Crippen LogP contribution in [0.5, 0.6) is 0 Å². The highest BCUT2D eigenvalue weighted by Gasteiger charge is 2.27. The van der Waals surface area contributed by atoms with Crippen LogP contribution in [0, 0.1) is 0 Å². The number of aromatic nitrogens is 4. The molecule has 2 aliphatic rings. The zero-order valence-corrected chi connectivity index (χ0v) is 22.0. The Morgan fingerprint density at radius 2 is 2.00 bits per heavy atom. The molecule has 190 valence electrons. The van der Waals surface area contributed by atoms with Gasteiger partial charge in [-0.05, 0) is 24.4 Å². The van der Waals surface area contributed by atoms with Crippen molar-refractivity contribution >= 4 is 48.4 Å². The van der Waals surface area contributed by atoms with E-state index in [-0.39, 0.29) is 6.04 Å². The Hall–Kier alpha value is -2.64. The first-order valence-corrected chi connectivity index (χ1v) is 14.8. The Balaban J connectivity index is 1.41. The Morgan fingerprint density at radius 1 is 1.17 bits per heavy atom. The lowest BCUT2D eigenvalue weighted by molar-refractivity contribution is 0.0987. The Morgan fingerprint density at radius 3 is 2.78 bits per heavy atom. The van der Waals surface area contributed by atoms with Crippen molar-refractivity contribution in [2.24, 2.45) is 0 Å². The van der Waals surface area contributed by atoms with Crippen LogP contribution in [-0.2, 0) is 21.3 Å². The summed E-state index contributed by atoms with van der Waals surface area (Å²) >= 11 is 1.68. The van der Waals surface area contributed by atoms with E-state index < -0.39 is 10.0 Å².